The molecule has 0 unspecified atom stereocenters. The molecule has 2 amide bonds. The average molecular weight is 1030 g/mol. The number of carbonyl (C=O) groups is 4. The van der Waals surface area contributed by atoms with Gasteiger partial charge in [0.05, 0.1) is 28.3 Å². The van der Waals surface area contributed by atoms with Crippen molar-refractivity contribution in [2.45, 2.75) is 75.6 Å². The number of carbonyl (C=O) groups excluding carboxylic acids is 4. The van der Waals surface area contributed by atoms with Crippen molar-refractivity contribution in [3.63, 3.8) is 0 Å². The summed E-state index contributed by atoms with van der Waals surface area (Å²) in [4.78, 5) is 57.8. The second-order valence-corrected chi connectivity index (χ2v) is 17.2. The molecule has 0 bridgehead atoms. The number of amides is 2. The van der Waals surface area contributed by atoms with Crippen LogP contribution in [0.4, 0.5) is 17.1 Å². The van der Waals surface area contributed by atoms with E-state index in [0.29, 0.717) is 36.9 Å². The number of benzene rings is 3. The molecule has 1 aliphatic heterocycles. The largest absolute Gasteiger partial charge is 0.394 e. The van der Waals surface area contributed by atoms with Gasteiger partial charge in [0, 0.05) is 49.4 Å². The summed E-state index contributed by atoms with van der Waals surface area (Å²) in [6.45, 7) is 3.69. The van der Waals surface area contributed by atoms with E-state index in [9.17, 15) is 27.6 Å². The van der Waals surface area contributed by atoms with Gasteiger partial charge in [-0.25, -0.2) is 13.2 Å². The third-order valence-electron chi connectivity index (χ3n) is 10.8. The minimum absolute atomic E-state index is 0.0202. The van der Waals surface area contributed by atoms with E-state index in [2.05, 4.69) is 20.5 Å². The number of piperidine rings is 1. The van der Waals surface area contributed by atoms with Crippen LogP contribution in [0, 0.1) is 5.92 Å². The van der Waals surface area contributed by atoms with Crippen LogP contribution in [-0.2, 0) is 33.8 Å². The number of anilines is 3. The zero-order valence-corrected chi connectivity index (χ0v) is 37.1. The third kappa shape index (κ3) is 10.7. The monoisotopic (exact) mass is 1030 g/mol. The maximum Gasteiger partial charge on any atom is 0.347 e. The second kappa shape index (κ2) is 20.2. The van der Waals surface area contributed by atoms with Crippen molar-refractivity contribution in [1.29, 1.82) is 0 Å². The Bertz CT molecular complexity index is 2210. The van der Waals surface area contributed by atoms with Crippen molar-refractivity contribution in [2.75, 3.05) is 35.2 Å². The molecular weight excluding hydrogens is 988 g/mol. The highest BCUT2D eigenvalue weighted by atomic mass is 127. The van der Waals surface area contributed by atoms with Gasteiger partial charge in [-0.1, -0.05) is 31.2 Å². The number of aryl methyl sites for hydroxylation is 2. The summed E-state index contributed by atoms with van der Waals surface area (Å²) in [6, 6.07) is 21.2. The molecule has 16 heteroatoms. The first-order valence-electron chi connectivity index (χ1n) is 19.3. The van der Waals surface area contributed by atoms with Crippen molar-refractivity contribution in [1.82, 2.24) is 9.29 Å². The summed E-state index contributed by atoms with van der Waals surface area (Å²) in [7, 11) is -4.04. The molecule has 13 nitrogen and oxygen atoms in total. The number of hydrogen-bond acceptors (Lipinski definition) is 10. The minimum atomic E-state index is -4.04. The zero-order chi connectivity index (χ0) is 41.2. The van der Waals surface area contributed by atoms with Gasteiger partial charge >= 0.3 is 11.9 Å². The Labute approximate surface area is 367 Å². The van der Waals surface area contributed by atoms with Crippen molar-refractivity contribution >= 4 is 96.9 Å². The number of rotatable bonds is 14. The van der Waals surface area contributed by atoms with E-state index in [0.717, 1.165) is 62.0 Å². The van der Waals surface area contributed by atoms with Gasteiger partial charge < -0.3 is 21.7 Å². The second-order valence-electron chi connectivity index (χ2n) is 14.5. The number of sulfonamides is 1. The average Bonchev–Trinajstić information content (AvgIpc) is 3.26. The zero-order valence-electron chi connectivity index (χ0n) is 32.0. The van der Waals surface area contributed by atoms with Crippen LogP contribution in [0.25, 0.3) is 0 Å². The van der Waals surface area contributed by atoms with Gasteiger partial charge in [0.1, 0.15) is 4.90 Å². The van der Waals surface area contributed by atoms with Gasteiger partial charge in [-0.15, -0.1) is 0 Å². The molecule has 1 aromatic heterocycles. The van der Waals surface area contributed by atoms with Crippen molar-refractivity contribution in [3.8, 4) is 0 Å². The van der Waals surface area contributed by atoms with Gasteiger partial charge in [0.2, 0.25) is 10.0 Å². The van der Waals surface area contributed by atoms with Crippen LogP contribution in [-0.4, -0.2) is 67.1 Å². The van der Waals surface area contributed by atoms with E-state index in [1.54, 1.807) is 77.2 Å². The number of pyridine rings is 1. The maximum atomic E-state index is 14.0. The Balaban J connectivity index is 1.16. The molecule has 2 N–H and O–H groups in total. The van der Waals surface area contributed by atoms with Crippen LogP contribution >= 0.6 is 46.0 Å². The first-order chi connectivity index (χ1) is 28.0. The predicted octanol–water partition coefficient (Wildman–Crippen LogP) is 8.33. The van der Waals surface area contributed by atoms with Crippen LogP contribution in [0.2, 0.25) is 0 Å². The lowest BCUT2D eigenvalue weighted by molar-refractivity contribution is -0.137. The summed E-state index contributed by atoms with van der Waals surface area (Å²) in [5.74, 6) is -1.97. The van der Waals surface area contributed by atoms with Gasteiger partial charge in [0.25, 0.3) is 11.8 Å². The number of nitrogens with one attached hydrogen (secondary N) is 2. The van der Waals surface area contributed by atoms with Crippen molar-refractivity contribution < 1.29 is 33.7 Å². The molecule has 4 aromatic rings. The number of halogens is 2. The number of hydrogen-bond donors (Lipinski definition) is 2. The molecule has 0 radical (unpaired) electrons. The van der Waals surface area contributed by atoms with E-state index in [4.69, 9.17) is 6.13 Å². The highest BCUT2D eigenvalue weighted by molar-refractivity contribution is 14.1. The van der Waals surface area contributed by atoms with E-state index in [1.807, 2.05) is 42.5 Å². The molecule has 58 heavy (non-hydrogen) atoms. The topological polar surface area (TPSA) is 164 Å². The highest BCUT2D eigenvalue weighted by Crippen LogP contribution is 2.33. The molecular formula is C42H45I2N5O8S. The molecule has 0 spiro atoms. The van der Waals surface area contributed by atoms with E-state index < -0.39 is 21.8 Å². The van der Waals surface area contributed by atoms with E-state index >= 15 is 0 Å². The Hall–Kier alpha value is -4.14. The molecule has 1 aliphatic carbocycles. The summed E-state index contributed by atoms with van der Waals surface area (Å²) < 4.78 is 38.9. The molecule has 2 fully saturated rings. The Kier molecular flexibility index (Phi) is 15.1. The molecule has 306 valence electrons. The van der Waals surface area contributed by atoms with Gasteiger partial charge in [-0.2, -0.15) is 4.31 Å². The lowest BCUT2D eigenvalue weighted by Gasteiger charge is -2.34. The van der Waals surface area contributed by atoms with Gasteiger partial charge in [-0.05, 0) is 117 Å². The third-order valence-corrected chi connectivity index (χ3v) is 13.6. The molecule has 2 aliphatic rings. The first-order valence-corrected chi connectivity index (χ1v) is 22.5. The van der Waals surface area contributed by atoms with Crippen LogP contribution < -0.4 is 15.5 Å². The SMILES string of the molecule is CCN(C1CCC(C(=O)OI)CC1)S(=O)(=O)c1cncc(C(=O)Nc2ccc(N3CCCCC3)cc2C(=O)Nc2ccc(CCc3ccc(C(=O)OI)cc3)cc2)c1. The van der Waals surface area contributed by atoms with Crippen LogP contribution in [0.3, 0.4) is 0 Å². The summed E-state index contributed by atoms with van der Waals surface area (Å²) in [5, 5.41) is 5.83. The number of nitrogens with zero attached hydrogens (tertiary/aromatic N) is 3. The fraction of sp³-hybridized carbons (Fsp3) is 0.357. The summed E-state index contributed by atoms with van der Waals surface area (Å²) >= 11 is 3.15. The molecule has 0 atom stereocenters. The Morgan fingerprint density at radius 2 is 1.43 bits per heavy atom. The summed E-state index contributed by atoms with van der Waals surface area (Å²) in [6.07, 6.45) is 9.34. The summed E-state index contributed by atoms with van der Waals surface area (Å²) in [5.41, 5.74) is 4.63. The fourth-order valence-electron chi connectivity index (χ4n) is 7.57. The molecule has 6 rings (SSSR count). The van der Waals surface area contributed by atoms with Crippen LogP contribution in [0.15, 0.2) is 90.1 Å². The Morgan fingerprint density at radius 1 is 0.776 bits per heavy atom. The minimum Gasteiger partial charge on any atom is -0.394 e. The lowest BCUT2D eigenvalue weighted by Crippen LogP contribution is -2.43. The van der Waals surface area contributed by atoms with Gasteiger partial charge in [0.15, 0.2) is 46.0 Å². The first kappa shape index (κ1) is 43.4. The highest BCUT2D eigenvalue weighted by Gasteiger charge is 2.36. The van der Waals surface area contributed by atoms with Crippen molar-refractivity contribution in [3.05, 3.63) is 113 Å². The normalized spacial score (nSPS) is 17.0. The number of aromatic nitrogens is 1. The quantitative estimate of drug-likeness (QED) is 0.117. The maximum absolute atomic E-state index is 14.0. The lowest BCUT2D eigenvalue weighted by atomic mass is 9.86. The van der Waals surface area contributed by atoms with E-state index in [1.165, 1.54) is 22.8 Å². The van der Waals surface area contributed by atoms with E-state index in [-0.39, 0.29) is 52.2 Å². The standard InChI is InChI=1S/C42H45I2N5O8S/c1-2-49(34-18-14-31(15-19-34)42(53)57-44)58(54,55)36-24-32(26-45-27-36)39(50)47-38-21-20-35(48-22-4-3-5-23-48)25-37(38)40(51)46-33-16-10-29(11-17-33)7-6-28-8-12-30(13-9-28)41(52)56-43/h8-13,16-17,20-21,24-27,31,34H,2-7,14-15,18-19,22-23H2,1H3,(H,46,51)(H,47,50). The molecule has 1 saturated heterocycles. The van der Waals surface area contributed by atoms with Crippen molar-refractivity contribution in [2.24, 2.45) is 5.92 Å². The van der Waals surface area contributed by atoms with Gasteiger partial charge in [-0.3, -0.25) is 19.4 Å². The Morgan fingerprint density at radius 3 is 2.05 bits per heavy atom. The van der Waals surface area contributed by atoms with Crippen LogP contribution in [0.1, 0.15) is 94.1 Å². The predicted molar refractivity (Wildman–Crippen MR) is 238 cm³/mol. The fourth-order valence-corrected chi connectivity index (χ4v) is 9.87. The molecule has 1 saturated carbocycles. The molecule has 3 aromatic carbocycles. The van der Waals surface area contributed by atoms with Crippen LogP contribution in [0.5, 0.6) is 0 Å². The molecule has 2 heterocycles. The smallest absolute Gasteiger partial charge is 0.347 e.